The van der Waals surface area contributed by atoms with Crippen molar-refractivity contribution >= 4 is 23.1 Å². The number of tetrazole rings is 2. The summed E-state index contributed by atoms with van der Waals surface area (Å²) in [4.78, 5) is 57.7. The Kier molecular flexibility index (Phi) is 23.4. The molecule has 0 saturated heterocycles. The van der Waals surface area contributed by atoms with Gasteiger partial charge in [-0.1, -0.05) is 55.4 Å². The van der Waals surface area contributed by atoms with E-state index in [9.17, 15) is 39.6 Å². The SMILES string of the molecule is C[C@@H]1C[C@H](C(=O)Cn2ccc(C#N)n2)[C@@]2(C)CC[C@H]3[C@@H](CC[C@@H]4C[C@](C)(O)CC[C@@H]43)[C@H]12.C[C@@H]1C[C@H](C(=O)Cn2nccn2)[C@@]2(C)CC[C@H]3[C@@H](CC[C@@H]4C[C@](C)(O)CC[C@@H]43)[C@H]12.C[C@@H]1C[C@H](C(=O)Cn2ncnn2)[C@@]2(C)CC[C@H]3[C@@H](CC[C@@H]4C[C@](C)(O)CC[C@@H]43)[C@H]12.Cc1nnn(CC(=O)[C@H]2C[C@@H](C)[C@H]3[C@@H]4CC[C@@H]5C[C@](C)(O)CC[C@@H]5[C@H]4CC[C@@]32C)n1. The molecule has 16 fully saturated rings. The average molecular weight is 1640 g/mol. The number of nitrogens with zero attached hydrogens (tertiary/aromatic N) is 14. The van der Waals surface area contributed by atoms with Gasteiger partial charge in [0.25, 0.3) is 0 Å². The number of aryl methyl sites for hydroxylation is 1. The fourth-order valence-corrected chi connectivity index (χ4v) is 35.0. The summed E-state index contributed by atoms with van der Waals surface area (Å²) in [6.45, 7) is 30.3. The van der Waals surface area contributed by atoms with E-state index in [1.807, 2.05) is 40.7 Å². The zero-order chi connectivity index (χ0) is 84.0. The Morgan fingerprint density at radius 2 is 0.714 bits per heavy atom. The number of fused-ring (bicyclic) bond motifs is 20. The number of carbonyl (C=O) groups is 4. The van der Waals surface area contributed by atoms with Gasteiger partial charge in [0.1, 0.15) is 25.7 Å². The molecule has 0 aromatic carbocycles. The van der Waals surface area contributed by atoms with E-state index in [1.54, 1.807) is 34.1 Å². The molecule has 16 aliphatic rings. The Morgan fingerprint density at radius 1 is 0.395 bits per heavy atom. The predicted octanol–water partition coefficient (Wildman–Crippen LogP) is 16.0. The fourth-order valence-electron chi connectivity index (χ4n) is 35.0. The topological polar surface area (TPSA) is 309 Å². The van der Waals surface area contributed by atoms with Crippen LogP contribution in [0.1, 0.15) is 300 Å². The van der Waals surface area contributed by atoms with Gasteiger partial charge in [0.05, 0.1) is 41.3 Å². The monoisotopic (exact) mass is 1640 g/mol. The van der Waals surface area contributed by atoms with Gasteiger partial charge in [0, 0.05) is 29.9 Å². The molecule has 4 heterocycles. The molecule has 0 amide bonds. The third-order valence-electron chi connectivity index (χ3n) is 39.1. The van der Waals surface area contributed by atoms with Gasteiger partial charge >= 0.3 is 0 Å². The van der Waals surface area contributed by atoms with Gasteiger partial charge in [-0.25, -0.2) is 0 Å². The van der Waals surface area contributed by atoms with Gasteiger partial charge in [0.15, 0.2) is 41.0 Å². The maximum atomic E-state index is 13.4. The zero-order valence-electron chi connectivity index (χ0n) is 74.7. The largest absolute Gasteiger partial charge is 0.390 e. The van der Waals surface area contributed by atoms with Crippen molar-refractivity contribution < 1.29 is 39.6 Å². The van der Waals surface area contributed by atoms with Crippen LogP contribution >= 0.6 is 0 Å². The lowest BCUT2D eigenvalue weighted by atomic mass is 9.48. The Balaban J connectivity index is 0.000000113. The van der Waals surface area contributed by atoms with E-state index in [0.717, 1.165) is 154 Å². The number of carbonyl (C=O) groups excluding carboxylic acids is 4. The number of nitriles is 1. The molecule has 22 heteroatoms. The smallest absolute Gasteiger partial charge is 0.171 e. The molecule has 654 valence electrons. The minimum atomic E-state index is -0.465. The number of hydrogen-bond donors (Lipinski definition) is 4. The highest BCUT2D eigenvalue weighted by Gasteiger charge is 2.67. The molecule has 20 rings (SSSR count). The molecule has 0 radical (unpaired) electrons. The first-order chi connectivity index (χ1) is 56.5. The van der Waals surface area contributed by atoms with Crippen LogP contribution in [0.25, 0.3) is 0 Å². The molecule has 22 nitrogen and oxygen atoms in total. The Bertz CT molecular complexity index is 4190. The highest BCUT2D eigenvalue weighted by atomic mass is 16.3. The second kappa shape index (κ2) is 32.5. The van der Waals surface area contributed by atoms with Crippen molar-refractivity contribution in [1.29, 1.82) is 5.26 Å². The highest BCUT2D eigenvalue weighted by Crippen LogP contribution is 2.72. The van der Waals surface area contributed by atoms with Crippen LogP contribution < -0.4 is 0 Å². The summed E-state index contributed by atoms with van der Waals surface area (Å²) in [6.07, 6.45) is 43.0. The Labute approximate surface area is 709 Å². The van der Waals surface area contributed by atoms with Crippen LogP contribution in [-0.4, -0.2) is 131 Å². The minimum Gasteiger partial charge on any atom is -0.390 e. The quantitative estimate of drug-likeness (QED) is 0.102. The van der Waals surface area contributed by atoms with Crippen molar-refractivity contribution in [3.8, 4) is 6.07 Å². The second-order valence-corrected chi connectivity index (χ2v) is 46.4. The van der Waals surface area contributed by atoms with Gasteiger partial charge in [0.2, 0.25) is 0 Å². The number of aliphatic hydroxyl groups is 4. The highest BCUT2D eigenvalue weighted by molar-refractivity contribution is 5.84. The number of Topliss-reactive ketones (excluding diaryl/α,β-unsaturated/α-hetero) is 4. The normalized spacial score (nSPS) is 48.2. The lowest BCUT2D eigenvalue weighted by molar-refractivity contribution is -0.134. The molecular weight excluding hydrogens is 1490 g/mol. The van der Waals surface area contributed by atoms with Gasteiger partial charge in [-0.15, -0.1) is 20.4 Å². The van der Waals surface area contributed by atoms with Crippen LogP contribution in [0.5, 0.6) is 0 Å². The fraction of sp³-hybridized carbons (Fsp3) is 0.876. The first-order valence-electron chi connectivity index (χ1n) is 48.2. The third-order valence-corrected chi connectivity index (χ3v) is 39.1. The summed E-state index contributed by atoms with van der Waals surface area (Å²) in [5, 5.41) is 87.9. The van der Waals surface area contributed by atoms with Crippen molar-refractivity contribution in [2.45, 2.75) is 344 Å². The molecule has 0 aliphatic heterocycles. The van der Waals surface area contributed by atoms with Gasteiger partial charge in [-0.2, -0.15) is 34.9 Å². The van der Waals surface area contributed by atoms with Crippen LogP contribution in [0.3, 0.4) is 0 Å². The Morgan fingerprint density at radius 3 is 1.02 bits per heavy atom. The van der Waals surface area contributed by atoms with Crippen molar-refractivity contribution in [2.24, 2.45) is 187 Å². The first kappa shape index (κ1) is 85.7. The summed E-state index contributed by atoms with van der Waals surface area (Å²) >= 11 is 0. The van der Waals surface area contributed by atoms with Crippen molar-refractivity contribution in [3.63, 3.8) is 0 Å². The summed E-state index contributed by atoms with van der Waals surface area (Å²) in [5.41, 5.74) is -0.989. The standard InChI is InChI=1S/C26H37N3O2.C24H38N4O2.C24H37N3O2.C23H36N4O2/c1-16-12-22(23(30)15-29-11-8-18(14-27)28-29)26(3)10-7-20-19-6-9-25(2,31)13-17(19)4-5-21(20)24(16)26;1-14-11-20(21(29)13-28-26-15(2)25-27-28)24(4)10-8-18-17-7-9-23(3,30)12-16(17)5-6-19(18)22(14)24;1-15-12-20(21(28)14-27-25-10-11-26-27)24(3)9-7-18-17-6-8-23(2,29)13-16(17)4-5-19(18)22(15)24;1-14-10-19(20(28)12-27-25-13-24-26-27)23(3)9-7-17-16-6-8-22(2,29)11-15(16)4-5-18(17)21(14)23/h8,11,16-17,19-22,24,31H,4-7,9-10,12-13,15H2,1-3H3;14,16-20,22,30H,5-13H2,1-4H3;10-11,15-20,22,29H,4-9,12-14H2,1-3H3;13-19,21,29H,4-12H2,1-3H3/t16-,17-,19+,20-,21-,22-,24+,25-,26-;14-,16-,17+,18-,19-,20-,22+,23-,24-;15-,16-,17+,18-,19-,20-,22+,23-,24-;14-,15-,16+,17-,18-,19-,21+,22-,23-/m1111/s1. The predicted molar refractivity (Wildman–Crippen MR) is 450 cm³/mol. The molecule has 0 spiro atoms. The van der Waals surface area contributed by atoms with Gasteiger partial charge < -0.3 is 20.4 Å². The van der Waals surface area contributed by atoms with E-state index in [-0.39, 0.29) is 65.0 Å². The summed E-state index contributed by atoms with van der Waals surface area (Å²) in [7, 11) is 0. The lowest BCUT2D eigenvalue weighted by Gasteiger charge is -2.57. The van der Waals surface area contributed by atoms with Crippen molar-refractivity contribution in [2.75, 3.05) is 0 Å². The maximum absolute atomic E-state index is 13.4. The van der Waals surface area contributed by atoms with Gasteiger partial charge in [-0.3, -0.25) is 23.9 Å². The molecule has 0 unspecified atom stereocenters. The van der Waals surface area contributed by atoms with E-state index in [0.29, 0.717) is 112 Å². The average Bonchev–Trinajstić information content (AvgIpc) is 1.66. The lowest BCUT2D eigenvalue weighted by Crippen LogP contribution is -2.51. The molecule has 4 N–H and O–H groups in total. The maximum Gasteiger partial charge on any atom is 0.171 e. The second-order valence-electron chi connectivity index (χ2n) is 46.4. The Hall–Kier alpha value is -5.50. The van der Waals surface area contributed by atoms with Crippen LogP contribution in [0.15, 0.2) is 31.0 Å². The van der Waals surface area contributed by atoms with E-state index in [2.05, 4.69) is 102 Å². The third kappa shape index (κ3) is 16.1. The molecule has 4 aromatic heterocycles. The molecule has 0 bridgehead atoms. The van der Waals surface area contributed by atoms with Crippen LogP contribution in [0.2, 0.25) is 0 Å². The molecule has 16 saturated carbocycles. The van der Waals surface area contributed by atoms with Crippen LogP contribution in [-0.2, 0) is 45.4 Å². The van der Waals surface area contributed by atoms with Crippen LogP contribution in [0, 0.1) is 206 Å². The van der Waals surface area contributed by atoms with Crippen molar-refractivity contribution in [3.05, 3.63) is 42.5 Å². The summed E-state index contributed by atoms with van der Waals surface area (Å²) in [5.74, 6) is 19.6. The molecule has 4 aromatic rings. The minimum absolute atomic E-state index is 0.0931. The van der Waals surface area contributed by atoms with Crippen molar-refractivity contribution in [1.82, 2.24) is 65.2 Å². The molecular formula is C97H148N14O8. The number of rotatable bonds is 12. The zero-order valence-corrected chi connectivity index (χ0v) is 74.7. The van der Waals surface area contributed by atoms with Crippen LogP contribution in [0.4, 0.5) is 0 Å². The van der Waals surface area contributed by atoms with E-state index >= 15 is 0 Å². The number of hydrogen-bond acceptors (Lipinski definition) is 18. The molecule has 119 heavy (non-hydrogen) atoms. The summed E-state index contributed by atoms with van der Waals surface area (Å²) < 4.78 is 1.65. The number of ketones is 4. The molecule has 36 atom stereocenters. The van der Waals surface area contributed by atoms with Gasteiger partial charge in [-0.05, 0) is 420 Å². The van der Waals surface area contributed by atoms with E-state index in [4.69, 9.17) is 5.26 Å². The first-order valence-corrected chi connectivity index (χ1v) is 48.2. The van der Waals surface area contributed by atoms with E-state index in [1.165, 1.54) is 138 Å². The summed E-state index contributed by atoms with van der Waals surface area (Å²) in [6, 6.07) is 3.73. The van der Waals surface area contributed by atoms with E-state index < -0.39 is 22.4 Å². The molecule has 16 aliphatic carbocycles. The number of aromatic nitrogens is 13.